The van der Waals surface area contributed by atoms with E-state index < -0.39 is 5.41 Å². The second-order valence-electron chi connectivity index (χ2n) is 7.89. The second kappa shape index (κ2) is 8.08. The second-order valence-corrected chi connectivity index (χ2v) is 7.89. The van der Waals surface area contributed by atoms with E-state index >= 15 is 0 Å². The van der Waals surface area contributed by atoms with Gasteiger partial charge in [0.1, 0.15) is 12.1 Å². The van der Waals surface area contributed by atoms with Crippen LogP contribution in [-0.2, 0) is 11.2 Å². The number of piperazine rings is 1. The Balaban J connectivity index is 1.62. The summed E-state index contributed by atoms with van der Waals surface area (Å²) in [5.41, 5.74) is 0.959. The summed E-state index contributed by atoms with van der Waals surface area (Å²) in [5, 5.41) is 2.82. The van der Waals surface area contributed by atoms with Gasteiger partial charge in [-0.15, -0.1) is 0 Å². The molecule has 7 nitrogen and oxygen atoms in total. The average molecular weight is 386 g/mol. The molecule has 1 saturated heterocycles. The van der Waals surface area contributed by atoms with Crippen molar-refractivity contribution in [3.8, 4) is 0 Å². The Hall–Kier alpha value is -2.77. The Morgan fingerprint density at radius 3 is 2.36 bits per heavy atom. The van der Waals surface area contributed by atoms with Gasteiger partial charge in [-0.1, -0.05) is 27.7 Å². The SMILES string of the molecule is CCc1ncnc(N2CCN(c3ccc(NC(=O)C(C)(C)C)nc3)CC2)c1F. The van der Waals surface area contributed by atoms with Gasteiger partial charge in [0.15, 0.2) is 11.6 Å². The normalized spacial score (nSPS) is 14.9. The maximum absolute atomic E-state index is 14.5. The van der Waals surface area contributed by atoms with Crippen molar-refractivity contribution in [2.45, 2.75) is 34.1 Å². The van der Waals surface area contributed by atoms with Crippen LogP contribution in [0.1, 0.15) is 33.4 Å². The smallest absolute Gasteiger partial charge is 0.230 e. The van der Waals surface area contributed by atoms with Crippen molar-refractivity contribution in [1.29, 1.82) is 0 Å². The molecule has 28 heavy (non-hydrogen) atoms. The minimum atomic E-state index is -0.468. The zero-order valence-electron chi connectivity index (χ0n) is 16.9. The highest BCUT2D eigenvalue weighted by molar-refractivity contribution is 5.93. The van der Waals surface area contributed by atoms with Gasteiger partial charge in [-0.2, -0.15) is 0 Å². The molecule has 0 radical (unpaired) electrons. The number of aromatic nitrogens is 3. The number of nitrogens with zero attached hydrogens (tertiary/aromatic N) is 5. The van der Waals surface area contributed by atoms with Crippen molar-refractivity contribution in [3.05, 3.63) is 36.2 Å². The zero-order valence-corrected chi connectivity index (χ0v) is 16.9. The number of carbonyl (C=O) groups excluding carboxylic acids is 1. The summed E-state index contributed by atoms with van der Waals surface area (Å²) in [6.45, 7) is 10.3. The summed E-state index contributed by atoms with van der Waals surface area (Å²) in [6.07, 6.45) is 3.73. The maximum atomic E-state index is 14.5. The number of aryl methyl sites for hydroxylation is 1. The first-order chi connectivity index (χ1) is 13.3. The first-order valence-corrected chi connectivity index (χ1v) is 9.56. The van der Waals surface area contributed by atoms with Crippen LogP contribution in [0.3, 0.4) is 0 Å². The molecule has 1 N–H and O–H groups in total. The van der Waals surface area contributed by atoms with E-state index in [1.165, 1.54) is 6.33 Å². The summed E-state index contributed by atoms with van der Waals surface area (Å²) in [5.74, 6) is 0.529. The van der Waals surface area contributed by atoms with Crippen molar-refractivity contribution < 1.29 is 9.18 Å². The minimum absolute atomic E-state index is 0.0697. The summed E-state index contributed by atoms with van der Waals surface area (Å²) in [7, 11) is 0. The molecule has 150 valence electrons. The zero-order chi connectivity index (χ0) is 20.3. The maximum Gasteiger partial charge on any atom is 0.230 e. The molecule has 0 aliphatic carbocycles. The number of halogens is 1. The number of hydrogen-bond donors (Lipinski definition) is 1. The van der Waals surface area contributed by atoms with E-state index in [0.29, 0.717) is 36.8 Å². The van der Waals surface area contributed by atoms with E-state index in [1.54, 1.807) is 6.20 Å². The lowest BCUT2D eigenvalue weighted by Crippen LogP contribution is -2.47. The van der Waals surface area contributed by atoms with E-state index in [-0.39, 0.29) is 11.7 Å². The largest absolute Gasteiger partial charge is 0.367 e. The van der Waals surface area contributed by atoms with Crippen molar-refractivity contribution in [2.75, 3.05) is 41.3 Å². The molecule has 0 bridgehead atoms. The first kappa shape index (κ1) is 20.0. The molecule has 0 aromatic carbocycles. The van der Waals surface area contributed by atoms with Gasteiger partial charge in [0.2, 0.25) is 5.91 Å². The number of rotatable bonds is 4. The summed E-state index contributed by atoms with van der Waals surface area (Å²) < 4.78 is 14.5. The molecule has 1 aliphatic rings. The molecular formula is C20H27FN6O. The van der Waals surface area contributed by atoms with Gasteiger partial charge < -0.3 is 15.1 Å². The topological polar surface area (TPSA) is 74.2 Å². The van der Waals surface area contributed by atoms with Gasteiger partial charge in [0, 0.05) is 31.6 Å². The van der Waals surface area contributed by atoms with Crippen molar-refractivity contribution in [2.24, 2.45) is 5.41 Å². The fraction of sp³-hybridized carbons (Fsp3) is 0.500. The van der Waals surface area contributed by atoms with Gasteiger partial charge in [-0.3, -0.25) is 4.79 Å². The third-order valence-electron chi connectivity index (χ3n) is 4.79. The van der Waals surface area contributed by atoms with Crippen LogP contribution < -0.4 is 15.1 Å². The van der Waals surface area contributed by atoms with Crippen LogP contribution in [0.5, 0.6) is 0 Å². The molecule has 2 aromatic rings. The molecule has 1 amide bonds. The predicted octanol–water partition coefficient (Wildman–Crippen LogP) is 2.88. The fourth-order valence-electron chi connectivity index (χ4n) is 2.99. The highest BCUT2D eigenvalue weighted by Crippen LogP contribution is 2.23. The lowest BCUT2D eigenvalue weighted by molar-refractivity contribution is -0.123. The summed E-state index contributed by atoms with van der Waals surface area (Å²) in [6, 6.07) is 3.75. The number of nitrogens with one attached hydrogen (secondary N) is 1. The monoisotopic (exact) mass is 386 g/mol. The standard InChI is InChI=1S/C20H27FN6O/c1-5-15-17(21)18(24-13-23-15)27-10-8-26(9-11-27)14-6-7-16(22-12-14)25-19(28)20(2,3)4/h6-7,12-13H,5,8-11H2,1-4H3,(H,22,25,28). The molecule has 2 aromatic heterocycles. The van der Waals surface area contributed by atoms with Crippen LogP contribution >= 0.6 is 0 Å². The number of hydrogen-bond acceptors (Lipinski definition) is 6. The Bertz CT molecular complexity index is 826. The molecule has 1 fully saturated rings. The van der Waals surface area contributed by atoms with Crippen LogP contribution in [0.2, 0.25) is 0 Å². The lowest BCUT2D eigenvalue weighted by Gasteiger charge is -2.36. The third kappa shape index (κ3) is 4.37. The number of carbonyl (C=O) groups is 1. The number of anilines is 3. The van der Waals surface area contributed by atoms with Crippen molar-refractivity contribution >= 4 is 23.2 Å². The fourth-order valence-corrected chi connectivity index (χ4v) is 2.99. The van der Waals surface area contributed by atoms with Gasteiger partial charge in [0.25, 0.3) is 0 Å². The van der Waals surface area contributed by atoms with Gasteiger partial charge >= 0.3 is 0 Å². The highest BCUT2D eigenvalue weighted by Gasteiger charge is 2.23. The van der Waals surface area contributed by atoms with E-state index in [9.17, 15) is 9.18 Å². The predicted molar refractivity (Wildman–Crippen MR) is 108 cm³/mol. The average Bonchev–Trinajstić information content (AvgIpc) is 2.68. The van der Waals surface area contributed by atoms with Crippen LogP contribution in [0.25, 0.3) is 0 Å². The molecule has 8 heteroatoms. The lowest BCUT2D eigenvalue weighted by atomic mass is 9.96. The van der Waals surface area contributed by atoms with Gasteiger partial charge in [0.05, 0.1) is 17.6 Å². The quantitative estimate of drug-likeness (QED) is 0.871. The Kier molecular flexibility index (Phi) is 5.76. The van der Waals surface area contributed by atoms with Crippen LogP contribution in [0.15, 0.2) is 24.7 Å². The molecule has 0 spiro atoms. The van der Waals surface area contributed by atoms with E-state index in [0.717, 1.165) is 18.8 Å². The molecule has 1 aliphatic heterocycles. The van der Waals surface area contributed by atoms with E-state index in [4.69, 9.17) is 0 Å². The van der Waals surface area contributed by atoms with Crippen LogP contribution in [0.4, 0.5) is 21.7 Å². The third-order valence-corrected chi connectivity index (χ3v) is 4.79. The van der Waals surface area contributed by atoms with Crippen molar-refractivity contribution in [1.82, 2.24) is 15.0 Å². The van der Waals surface area contributed by atoms with Gasteiger partial charge in [-0.25, -0.2) is 19.3 Å². The highest BCUT2D eigenvalue weighted by atomic mass is 19.1. The molecule has 0 unspecified atom stereocenters. The molecular weight excluding hydrogens is 359 g/mol. The molecule has 0 atom stereocenters. The first-order valence-electron chi connectivity index (χ1n) is 9.56. The van der Waals surface area contributed by atoms with Gasteiger partial charge in [-0.05, 0) is 18.6 Å². The van der Waals surface area contributed by atoms with Crippen LogP contribution in [-0.4, -0.2) is 47.0 Å². The molecule has 3 heterocycles. The molecule has 3 rings (SSSR count). The number of amides is 1. The van der Waals surface area contributed by atoms with Crippen LogP contribution in [0, 0.1) is 11.2 Å². The minimum Gasteiger partial charge on any atom is -0.367 e. The summed E-state index contributed by atoms with van der Waals surface area (Å²) in [4.78, 5) is 28.7. The number of pyridine rings is 1. The van der Waals surface area contributed by atoms with E-state index in [1.807, 2.05) is 44.7 Å². The summed E-state index contributed by atoms with van der Waals surface area (Å²) >= 11 is 0. The molecule has 0 saturated carbocycles. The Morgan fingerprint density at radius 2 is 1.79 bits per heavy atom. The Morgan fingerprint density at radius 1 is 1.11 bits per heavy atom. The van der Waals surface area contributed by atoms with Crippen molar-refractivity contribution in [3.63, 3.8) is 0 Å². The van der Waals surface area contributed by atoms with E-state index in [2.05, 4.69) is 25.2 Å². The Labute approximate surface area is 165 Å².